The smallest absolute Gasteiger partial charge is 0.313 e. The molecule has 2 heterocycles. The minimum atomic E-state index is -0.893. The fourth-order valence-electron chi connectivity index (χ4n) is 1.02. The standard InChI is InChI=1S/C9H7N3O2S2/c13-8(14)5-16-9-11-6(4-10-12-9)7-2-1-3-15-7/h1-4H,5H2,(H,13,14). The van der Waals surface area contributed by atoms with E-state index in [1.165, 1.54) is 0 Å². The molecule has 0 atom stereocenters. The molecule has 82 valence electrons. The number of thioether (sulfide) groups is 1. The maximum atomic E-state index is 10.4. The average Bonchev–Trinajstić information content (AvgIpc) is 2.80. The van der Waals surface area contributed by atoms with Gasteiger partial charge in [-0.3, -0.25) is 4.79 Å². The Bertz CT molecular complexity index is 487. The van der Waals surface area contributed by atoms with Gasteiger partial charge in [0, 0.05) is 0 Å². The summed E-state index contributed by atoms with van der Waals surface area (Å²) in [5.74, 6) is -0.953. The Morgan fingerprint density at radius 2 is 2.44 bits per heavy atom. The quantitative estimate of drug-likeness (QED) is 0.837. The highest BCUT2D eigenvalue weighted by Gasteiger charge is 2.06. The summed E-state index contributed by atoms with van der Waals surface area (Å²) < 4.78 is 0. The van der Waals surface area contributed by atoms with Crippen LogP contribution in [0.1, 0.15) is 0 Å². The first kappa shape index (κ1) is 11.0. The van der Waals surface area contributed by atoms with Crippen molar-refractivity contribution >= 4 is 29.1 Å². The first-order valence-electron chi connectivity index (χ1n) is 4.34. The van der Waals surface area contributed by atoms with E-state index in [1.54, 1.807) is 17.5 Å². The van der Waals surface area contributed by atoms with Gasteiger partial charge in [-0.15, -0.1) is 16.4 Å². The van der Waals surface area contributed by atoms with Crippen molar-refractivity contribution < 1.29 is 9.90 Å². The van der Waals surface area contributed by atoms with Gasteiger partial charge in [-0.25, -0.2) is 4.98 Å². The summed E-state index contributed by atoms with van der Waals surface area (Å²) in [5, 5.41) is 18.4. The number of hydrogen-bond donors (Lipinski definition) is 1. The fraction of sp³-hybridized carbons (Fsp3) is 0.111. The maximum Gasteiger partial charge on any atom is 0.313 e. The molecule has 0 saturated carbocycles. The van der Waals surface area contributed by atoms with Crippen molar-refractivity contribution in [1.82, 2.24) is 15.2 Å². The number of hydrogen-bond acceptors (Lipinski definition) is 6. The second-order valence-electron chi connectivity index (χ2n) is 2.78. The average molecular weight is 253 g/mol. The molecule has 0 aromatic carbocycles. The first-order valence-corrected chi connectivity index (χ1v) is 6.20. The normalized spacial score (nSPS) is 10.2. The van der Waals surface area contributed by atoms with Crippen molar-refractivity contribution in [3.63, 3.8) is 0 Å². The van der Waals surface area contributed by atoms with Gasteiger partial charge in [0.05, 0.1) is 16.8 Å². The Kier molecular flexibility index (Phi) is 3.47. The number of carbonyl (C=O) groups is 1. The molecule has 0 amide bonds. The van der Waals surface area contributed by atoms with E-state index in [0.29, 0.717) is 5.16 Å². The molecular weight excluding hydrogens is 246 g/mol. The Labute approximate surface area is 99.6 Å². The van der Waals surface area contributed by atoms with E-state index in [4.69, 9.17) is 5.11 Å². The zero-order valence-corrected chi connectivity index (χ0v) is 9.66. The Morgan fingerprint density at radius 1 is 1.56 bits per heavy atom. The zero-order chi connectivity index (χ0) is 11.4. The van der Waals surface area contributed by atoms with Crippen molar-refractivity contribution in [3.8, 4) is 10.6 Å². The van der Waals surface area contributed by atoms with Gasteiger partial charge >= 0.3 is 5.97 Å². The van der Waals surface area contributed by atoms with E-state index < -0.39 is 5.97 Å². The third-order valence-electron chi connectivity index (χ3n) is 1.64. The molecule has 0 spiro atoms. The van der Waals surface area contributed by atoms with Crippen LogP contribution in [0.4, 0.5) is 0 Å². The summed E-state index contributed by atoms with van der Waals surface area (Å²) in [5.41, 5.74) is 0.720. The lowest BCUT2D eigenvalue weighted by molar-refractivity contribution is -0.133. The number of carboxylic acids is 1. The summed E-state index contributed by atoms with van der Waals surface area (Å²) >= 11 is 2.61. The van der Waals surface area contributed by atoms with Crippen LogP contribution in [0, 0.1) is 0 Å². The van der Waals surface area contributed by atoms with Gasteiger partial charge in [0.1, 0.15) is 5.69 Å². The summed E-state index contributed by atoms with van der Waals surface area (Å²) in [4.78, 5) is 15.6. The predicted octanol–water partition coefficient (Wildman–Crippen LogP) is 1.78. The minimum absolute atomic E-state index is 0.0599. The summed E-state index contributed by atoms with van der Waals surface area (Å²) in [6.45, 7) is 0. The molecule has 0 aliphatic carbocycles. The topological polar surface area (TPSA) is 76.0 Å². The van der Waals surface area contributed by atoms with Gasteiger partial charge in [-0.2, -0.15) is 5.10 Å². The van der Waals surface area contributed by atoms with Gasteiger partial charge in [-0.05, 0) is 11.4 Å². The van der Waals surface area contributed by atoms with Crippen LogP contribution in [0.5, 0.6) is 0 Å². The minimum Gasteiger partial charge on any atom is -0.481 e. The predicted molar refractivity (Wildman–Crippen MR) is 61.5 cm³/mol. The molecule has 2 aromatic heterocycles. The Hall–Kier alpha value is -1.47. The number of thiophene rings is 1. The van der Waals surface area contributed by atoms with Gasteiger partial charge in [0.2, 0.25) is 5.16 Å². The summed E-state index contributed by atoms with van der Waals surface area (Å²) in [6.07, 6.45) is 1.57. The molecule has 2 aromatic rings. The molecule has 0 saturated heterocycles. The van der Waals surface area contributed by atoms with Crippen LogP contribution in [0.2, 0.25) is 0 Å². The van der Waals surface area contributed by atoms with E-state index in [1.807, 2.05) is 17.5 Å². The SMILES string of the molecule is O=C(O)CSc1nncc(-c2cccs2)n1. The molecule has 1 N–H and O–H groups in total. The lowest BCUT2D eigenvalue weighted by Gasteiger charge is -1.98. The molecule has 0 bridgehead atoms. The molecule has 7 heteroatoms. The van der Waals surface area contributed by atoms with Crippen LogP contribution >= 0.6 is 23.1 Å². The largest absolute Gasteiger partial charge is 0.481 e. The van der Waals surface area contributed by atoms with Crippen LogP contribution in [-0.2, 0) is 4.79 Å². The fourth-order valence-corrected chi connectivity index (χ4v) is 2.22. The number of carboxylic acid groups (broad SMARTS) is 1. The van der Waals surface area contributed by atoms with Gasteiger partial charge < -0.3 is 5.11 Å². The molecule has 0 aliphatic heterocycles. The van der Waals surface area contributed by atoms with E-state index in [0.717, 1.165) is 22.3 Å². The second-order valence-corrected chi connectivity index (χ2v) is 4.67. The second kappa shape index (κ2) is 5.04. The summed E-state index contributed by atoms with van der Waals surface area (Å²) in [7, 11) is 0. The number of aromatic nitrogens is 3. The third-order valence-corrected chi connectivity index (χ3v) is 3.35. The van der Waals surface area contributed by atoms with Crippen molar-refractivity contribution in [1.29, 1.82) is 0 Å². The van der Waals surface area contributed by atoms with Crippen molar-refractivity contribution in [2.24, 2.45) is 0 Å². The van der Waals surface area contributed by atoms with Crippen LogP contribution in [-0.4, -0.2) is 32.0 Å². The molecule has 2 rings (SSSR count). The zero-order valence-electron chi connectivity index (χ0n) is 8.03. The Balaban J connectivity index is 2.17. The van der Waals surface area contributed by atoms with E-state index in [2.05, 4.69) is 15.2 Å². The number of rotatable bonds is 4. The third kappa shape index (κ3) is 2.77. The molecule has 0 aliphatic rings. The molecule has 0 radical (unpaired) electrons. The van der Waals surface area contributed by atoms with Gasteiger partial charge in [0.15, 0.2) is 0 Å². The molecule has 0 fully saturated rings. The highest BCUT2D eigenvalue weighted by Crippen LogP contribution is 2.23. The lowest BCUT2D eigenvalue weighted by atomic mass is 10.4. The van der Waals surface area contributed by atoms with Gasteiger partial charge in [-0.1, -0.05) is 17.8 Å². The molecule has 16 heavy (non-hydrogen) atoms. The monoisotopic (exact) mass is 253 g/mol. The van der Waals surface area contributed by atoms with Crippen LogP contribution in [0.3, 0.4) is 0 Å². The van der Waals surface area contributed by atoms with Crippen molar-refractivity contribution in [3.05, 3.63) is 23.7 Å². The van der Waals surface area contributed by atoms with Gasteiger partial charge in [0.25, 0.3) is 0 Å². The highest BCUT2D eigenvalue weighted by atomic mass is 32.2. The summed E-state index contributed by atoms with van der Waals surface area (Å²) in [6, 6.07) is 3.85. The van der Waals surface area contributed by atoms with Crippen molar-refractivity contribution in [2.75, 3.05) is 5.75 Å². The van der Waals surface area contributed by atoms with Crippen LogP contribution in [0.25, 0.3) is 10.6 Å². The van der Waals surface area contributed by atoms with E-state index in [-0.39, 0.29) is 5.75 Å². The highest BCUT2D eigenvalue weighted by molar-refractivity contribution is 7.99. The first-order chi connectivity index (χ1) is 7.75. The molecule has 0 unspecified atom stereocenters. The maximum absolute atomic E-state index is 10.4. The van der Waals surface area contributed by atoms with Crippen LogP contribution < -0.4 is 0 Å². The number of aliphatic carboxylic acids is 1. The Morgan fingerprint density at radius 3 is 3.12 bits per heavy atom. The lowest BCUT2D eigenvalue weighted by Crippen LogP contribution is -2.00. The molecule has 5 nitrogen and oxygen atoms in total. The van der Waals surface area contributed by atoms with Crippen LogP contribution in [0.15, 0.2) is 28.9 Å². The van der Waals surface area contributed by atoms with E-state index in [9.17, 15) is 4.79 Å². The van der Waals surface area contributed by atoms with E-state index >= 15 is 0 Å². The molecular formula is C9H7N3O2S2. The number of nitrogens with zero attached hydrogens (tertiary/aromatic N) is 3. The van der Waals surface area contributed by atoms with Crippen molar-refractivity contribution in [2.45, 2.75) is 5.16 Å².